The van der Waals surface area contributed by atoms with E-state index in [9.17, 15) is 14.9 Å². The predicted octanol–water partition coefficient (Wildman–Crippen LogP) is 3.77. The summed E-state index contributed by atoms with van der Waals surface area (Å²) in [4.78, 5) is 22.3. The quantitative estimate of drug-likeness (QED) is 0.608. The zero-order chi connectivity index (χ0) is 18.5. The SMILES string of the molecule is Cc1ccc([N+](=O)[O-])cc1NC1CC(NC(=O)OCc2ccccc2)C1. The van der Waals surface area contributed by atoms with E-state index in [1.54, 1.807) is 12.1 Å². The smallest absolute Gasteiger partial charge is 0.407 e. The maximum absolute atomic E-state index is 11.8. The van der Waals surface area contributed by atoms with Crippen LogP contribution in [0.25, 0.3) is 0 Å². The normalized spacial score (nSPS) is 18.5. The fourth-order valence-electron chi connectivity index (χ4n) is 2.88. The molecule has 7 nitrogen and oxygen atoms in total. The number of benzene rings is 2. The van der Waals surface area contributed by atoms with Crippen LogP contribution in [0.1, 0.15) is 24.0 Å². The lowest BCUT2D eigenvalue weighted by Gasteiger charge is -2.36. The summed E-state index contributed by atoms with van der Waals surface area (Å²) in [6.07, 6.45) is 1.08. The average molecular weight is 355 g/mol. The first-order valence-corrected chi connectivity index (χ1v) is 8.50. The lowest BCUT2D eigenvalue weighted by atomic mass is 9.86. The molecule has 0 spiro atoms. The summed E-state index contributed by atoms with van der Waals surface area (Å²) in [5.74, 6) is 0. The Bertz CT molecular complexity index is 789. The van der Waals surface area contributed by atoms with Crippen molar-refractivity contribution < 1.29 is 14.5 Å². The number of alkyl carbamates (subject to hydrolysis) is 1. The van der Waals surface area contributed by atoms with Gasteiger partial charge in [-0.15, -0.1) is 0 Å². The third-order valence-corrected chi connectivity index (χ3v) is 4.46. The summed E-state index contributed by atoms with van der Waals surface area (Å²) in [5, 5.41) is 17.0. The van der Waals surface area contributed by atoms with Gasteiger partial charge < -0.3 is 15.4 Å². The fourth-order valence-corrected chi connectivity index (χ4v) is 2.88. The predicted molar refractivity (Wildman–Crippen MR) is 98.0 cm³/mol. The number of carbonyl (C=O) groups is 1. The van der Waals surface area contributed by atoms with Gasteiger partial charge in [-0.1, -0.05) is 36.4 Å². The molecule has 1 aliphatic rings. The van der Waals surface area contributed by atoms with Gasteiger partial charge >= 0.3 is 6.09 Å². The number of aryl methyl sites for hydroxylation is 1. The number of anilines is 1. The molecule has 1 saturated carbocycles. The minimum absolute atomic E-state index is 0.0507. The van der Waals surface area contributed by atoms with Crippen LogP contribution in [0.5, 0.6) is 0 Å². The van der Waals surface area contributed by atoms with Crippen molar-refractivity contribution in [3.63, 3.8) is 0 Å². The molecule has 26 heavy (non-hydrogen) atoms. The first kappa shape index (κ1) is 17.7. The number of nitro benzene ring substituents is 1. The van der Waals surface area contributed by atoms with Crippen molar-refractivity contribution in [2.75, 3.05) is 5.32 Å². The van der Waals surface area contributed by atoms with E-state index in [2.05, 4.69) is 10.6 Å². The van der Waals surface area contributed by atoms with Crippen molar-refractivity contribution >= 4 is 17.5 Å². The summed E-state index contributed by atoms with van der Waals surface area (Å²) >= 11 is 0. The molecule has 0 aliphatic heterocycles. The number of hydrogen-bond acceptors (Lipinski definition) is 5. The summed E-state index contributed by atoms with van der Waals surface area (Å²) < 4.78 is 5.20. The minimum atomic E-state index is -0.427. The first-order valence-electron chi connectivity index (χ1n) is 8.50. The van der Waals surface area contributed by atoms with Crippen LogP contribution in [0.15, 0.2) is 48.5 Å². The molecule has 0 aromatic heterocycles. The highest BCUT2D eigenvalue weighted by Gasteiger charge is 2.31. The standard InChI is InChI=1S/C19H21N3O4/c1-13-7-8-17(22(24)25)11-18(13)20-15-9-16(10-15)21-19(23)26-12-14-5-3-2-4-6-14/h2-8,11,15-16,20H,9-10,12H2,1H3,(H,21,23). The van der Waals surface area contributed by atoms with Gasteiger partial charge in [0.1, 0.15) is 6.61 Å². The Hall–Kier alpha value is -3.09. The number of nitrogens with one attached hydrogen (secondary N) is 2. The summed E-state index contributed by atoms with van der Waals surface area (Å²) in [5.41, 5.74) is 2.72. The third kappa shape index (κ3) is 4.50. The Kier molecular flexibility index (Phi) is 5.36. The lowest BCUT2D eigenvalue weighted by Crippen LogP contribution is -2.49. The second kappa shape index (κ2) is 7.86. The second-order valence-electron chi connectivity index (χ2n) is 6.47. The molecule has 2 N–H and O–H groups in total. The molecule has 0 heterocycles. The number of non-ortho nitro benzene ring substituents is 1. The van der Waals surface area contributed by atoms with Gasteiger partial charge in [-0.05, 0) is 30.9 Å². The number of carbonyl (C=O) groups excluding carboxylic acids is 1. The minimum Gasteiger partial charge on any atom is -0.445 e. The van der Waals surface area contributed by atoms with Gasteiger partial charge in [-0.2, -0.15) is 0 Å². The average Bonchev–Trinajstić information content (AvgIpc) is 2.60. The maximum atomic E-state index is 11.8. The Morgan fingerprint density at radius 1 is 1.19 bits per heavy atom. The molecule has 1 amide bonds. The van der Waals surface area contributed by atoms with Crippen LogP contribution in [-0.2, 0) is 11.3 Å². The van der Waals surface area contributed by atoms with E-state index in [1.165, 1.54) is 6.07 Å². The molecule has 7 heteroatoms. The first-order chi connectivity index (χ1) is 12.5. The Labute approximate surface area is 151 Å². The van der Waals surface area contributed by atoms with E-state index < -0.39 is 11.0 Å². The zero-order valence-electron chi connectivity index (χ0n) is 14.5. The molecular weight excluding hydrogens is 334 g/mol. The van der Waals surface area contributed by atoms with E-state index >= 15 is 0 Å². The van der Waals surface area contributed by atoms with Crippen LogP contribution in [0, 0.1) is 17.0 Å². The third-order valence-electron chi connectivity index (χ3n) is 4.46. The van der Waals surface area contributed by atoms with Crippen LogP contribution in [0.3, 0.4) is 0 Å². The van der Waals surface area contributed by atoms with Gasteiger partial charge in [-0.25, -0.2) is 4.79 Å². The van der Waals surface area contributed by atoms with E-state index in [4.69, 9.17) is 4.74 Å². The van der Waals surface area contributed by atoms with Crippen LogP contribution < -0.4 is 10.6 Å². The maximum Gasteiger partial charge on any atom is 0.407 e. The van der Waals surface area contributed by atoms with Crippen molar-refractivity contribution in [1.82, 2.24) is 5.32 Å². The molecule has 2 aromatic rings. The van der Waals surface area contributed by atoms with Gasteiger partial charge in [-0.3, -0.25) is 10.1 Å². The van der Waals surface area contributed by atoms with Crippen molar-refractivity contribution in [3.8, 4) is 0 Å². The molecule has 1 aliphatic carbocycles. The number of nitro groups is 1. The van der Waals surface area contributed by atoms with E-state index in [1.807, 2.05) is 37.3 Å². The number of amides is 1. The topological polar surface area (TPSA) is 93.5 Å². The van der Waals surface area contributed by atoms with E-state index in [0.29, 0.717) is 0 Å². The van der Waals surface area contributed by atoms with Gasteiger partial charge in [0, 0.05) is 29.9 Å². The molecule has 136 valence electrons. The highest BCUT2D eigenvalue weighted by atomic mass is 16.6. The summed E-state index contributed by atoms with van der Waals surface area (Å²) in [6.45, 7) is 2.15. The van der Waals surface area contributed by atoms with Gasteiger partial charge in [0.05, 0.1) is 4.92 Å². The van der Waals surface area contributed by atoms with E-state index in [0.717, 1.165) is 29.7 Å². The molecule has 0 saturated heterocycles. The summed E-state index contributed by atoms with van der Waals surface area (Å²) in [7, 11) is 0. The van der Waals surface area contributed by atoms with Crippen molar-refractivity contribution in [1.29, 1.82) is 0 Å². The van der Waals surface area contributed by atoms with Gasteiger partial charge in [0.25, 0.3) is 5.69 Å². The Morgan fingerprint density at radius 3 is 2.62 bits per heavy atom. The zero-order valence-corrected chi connectivity index (χ0v) is 14.5. The van der Waals surface area contributed by atoms with Crippen molar-refractivity contribution in [3.05, 3.63) is 69.8 Å². The van der Waals surface area contributed by atoms with Crippen LogP contribution >= 0.6 is 0 Å². The molecule has 0 bridgehead atoms. The number of hydrogen-bond donors (Lipinski definition) is 2. The molecule has 0 atom stereocenters. The monoisotopic (exact) mass is 355 g/mol. The highest BCUT2D eigenvalue weighted by molar-refractivity contribution is 5.68. The summed E-state index contributed by atoms with van der Waals surface area (Å²) in [6, 6.07) is 14.5. The number of nitrogens with zero attached hydrogens (tertiary/aromatic N) is 1. The Morgan fingerprint density at radius 2 is 1.92 bits per heavy atom. The van der Waals surface area contributed by atoms with Crippen molar-refractivity contribution in [2.24, 2.45) is 0 Å². The molecule has 2 aromatic carbocycles. The number of rotatable bonds is 6. The largest absolute Gasteiger partial charge is 0.445 e. The number of ether oxygens (including phenoxy) is 1. The van der Waals surface area contributed by atoms with Crippen LogP contribution in [-0.4, -0.2) is 23.1 Å². The van der Waals surface area contributed by atoms with E-state index in [-0.39, 0.29) is 24.4 Å². The lowest BCUT2D eigenvalue weighted by molar-refractivity contribution is -0.384. The Balaban J connectivity index is 1.42. The van der Waals surface area contributed by atoms with Gasteiger partial charge in [0.2, 0.25) is 0 Å². The molecule has 1 fully saturated rings. The van der Waals surface area contributed by atoms with Crippen LogP contribution in [0.2, 0.25) is 0 Å². The molecule has 0 unspecified atom stereocenters. The molecule has 3 rings (SSSR count). The highest BCUT2D eigenvalue weighted by Crippen LogP contribution is 2.28. The molecular formula is C19H21N3O4. The second-order valence-corrected chi connectivity index (χ2v) is 6.47. The van der Waals surface area contributed by atoms with Crippen LogP contribution in [0.4, 0.5) is 16.2 Å². The fraction of sp³-hybridized carbons (Fsp3) is 0.316. The molecule has 0 radical (unpaired) electrons. The van der Waals surface area contributed by atoms with Gasteiger partial charge in [0.15, 0.2) is 0 Å². The van der Waals surface area contributed by atoms with Crippen molar-refractivity contribution in [2.45, 2.75) is 38.5 Å².